The Morgan fingerprint density at radius 3 is 2.30 bits per heavy atom. The Labute approximate surface area is 209 Å². The SMILES string of the molecule is CC(C)(O)c1nccc(-c2ccc(F)c(N(C(N)=O)c3ccc(C(N)=O)c(-c4ccccn4)n3)c2F)n1. The van der Waals surface area contributed by atoms with Gasteiger partial charge in [0.15, 0.2) is 11.6 Å². The summed E-state index contributed by atoms with van der Waals surface area (Å²) in [5.74, 6) is -3.38. The van der Waals surface area contributed by atoms with E-state index in [0.29, 0.717) is 4.90 Å². The molecule has 0 atom stereocenters. The van der Waals surface area contributed by atoms with E-state index in [9.17, 15) is 14.7 Å². The van der Waals surface area contributed by atoms with Gasteiger partial charge in [-0.25, -0.2) is 33.4 Å². The van der Waals surface area contributed by atoms with Crippen LogP contribution in [0.15, 0.2) is 60.9 Å². The van der Waals surface area contributed by atoms with Crippen molar-refractivity contribution in [3.05, 3.63) is 83.9 Å². The van der Waals surface area contributed by atoms with E-state index < -0.39 is 34.9 Å². The van der Waals surface area contributed by atoms with Gasteiger partial charge in [-0.15, -0.1) is 0 Å². The number of hydrogen-bond acceptors (Lipinski definition) is 7. The van der Waals surface area contributed by atoms with Crippen LogP contribution in [0.25, 0.3) is 22.6 Å². The lowest BCUT2D eigenvalue weighted by Gasteiger charge is -2.23. The maximum absolute atomic E-state index is 15.8. The summed E-state index contributed by atoms with van der Waals surface area (Å²) in [6, 6.07) is 9.44. The highest BCUT2D eigenvalue weighted by Gasteiger charge is 2.29. The summed E-state index contributed by atoms with van der Waals surface area (Å²) in [6.45, 7) is 2.90. The number of primary amides is 2. The molecule has 12 heteroatoms. The number of rotatable bonds is 6. The number of halogens is 2. The molecule has 0 saturated carbocycles. The summed E-state index contributed by atoms with van der Waals surface area (Å²) in [5, 5.41) is 10.2. The Bertz CT molecular complexity index is 1510. The van der Waals surface area contributed by atoms with E-state index in [1.807, 2.05) is 0 Å². The van der Waals surface area contributed by atoms with E-state index in [0.717, 1.165) is 12.1 Å². The summed E-state index contributed by atoms with van der Waals surface area (Å²) in [5.41, 5.74) is 8.79. The van der Waals surface area contributed by atoms with Crippen LogP contribution < -0.4 is 16.4 Å². The van der Waals surface area contributed by atoms with Crippen molar-refractivity contribution in [2.45, 2.75) is 19.4 Å². The number of urea groups is 1. The van der Waals surface area contributed by atoms with Gasteiger partial charge < -0.3 is 16.6 Å². The predicted octanol–water partition coefficient (Wildman–Crippen LogP) is 3.42. The molecule has 4 rings (SSSR count). The van der Waals surface area contributed by atoms with Crippen LogP contribution in [0.1, 0.15) is 30.0 Å². The highest BCUT2D eigenvalue weighted by atomic mass is 19.1. The van der Waals surface area contributed by atoms with Gasteiger partial charge in [0, 0.05) is 18.0 Å². The molecule has 0 aliphatic rings. The van der Waals surface area contributed by atoms with Gasteiger partial charge in [0.1, 0.15) is 28.6 Å². The lowest BCUT2D eigenvalue weighted by molar-refractivity contribution is 0.0688. The molecule has 0 bridgehead atoms. The smallest absolute Gasteiger partial charge is 0.325 e. The van der Waals surface area contributed by atoms with E-state index in [2.05, 4.69) is 19.9 Å². The largest absolute Gasteiger partial charge is 0.382 e. The molecule has 0 fully saturated rings. The molecule has 3 aromatic heterocycles. The molecule has 4 aromatic rings. The van der Waals surface area contributed by atoms with Crippen molar-refractivity contribution >= 4 is 23.4 Å². The molecule has 0 aliphatic carbocycles. The molecule has 3 heterocycles. The summed E-state index contributed by atoms with van der Waals surface area (Å²) in [4.78, 5) is 41.6. The van der Waals surface area contributed by atoms with Gasteiger partial charge in [0.05, 0.1) is 17.0 Å². The predicted molar refractivity (Wildman–Crippen MR) is 130 cm³/mol. The number of hydrogen-bond donors (Lipinski definition) is 3. The zero-order valence-corrected chi connectivity index (χ0v) is 19.7. The average molecular weight is 505 g/mol. The van der Waals surface area contributed by atoms with Crippen molar-refractivity contribution in [3.8, 4) is 22.6 Å². The molecule has 0 unspecified atom stereocenters. The fraction of sp³-hybridized carbons (Fsp3) is 0.120. The fourth-order valence-corrected chi connectivity index (χ4v) is 3.56. The van der Waals surface area contributed by atoms with Crippen LogP contribution in [-0.2, 0) is 5.60 Å². The van der Waals surface area contributed by atoms with E-state index in [1.54, 1.807) is 18.2 Å². The van der Waals surface area contributed by atoms with Crippen LogP contribution in [0.2, 0.25) is 0 Å². The number of nitrogens with zero attached hydrogens (tertiary/aromatic N) is 5. The second-order valence-electron chi connectivity index (χ2n) is 8.40. The van der Waals surface area contributed by atoms with Crippen LogP contribution in [0.3, 0.4) is 0 Å². The molecule has 3 amide bonds. The molecule has 1 aromatic carbocycles. The Balaban J connectivity index is 1.91. The Hall–Kier alpha value is -4.84. The number of carbonyl (C=O) groups excluding carboxylic acids is 2. The van der Waals surface area contributed by atoms with Crippen molar-refractivity contribution in [2.75, 3.05) is 4.90 Å². The Morgan fingerprint density at radius 2 is 1.68 bits per heavy atom. The van der Waals surface area contributed by atoms with E-state index in [-0.39, 0.29) is 39.9 Å². The van der Waals surface area contributed by atoms with E-state index in [1.165, 1.54) is 44.4 Å². The number of nitrogens with two attached hydrogens (primary N) is 2. The first kappa shape index (κ1) is 25.3. The molecule has 0 saturated heterocycles. The lowest BCUT2D eigenvalue weighted by atomic mass is 10.1. The number of carbonyl (C=O) groups is 2. The molecule has 37 heavy (non-hydrogen) atoms. The van der Waals surface area contributed by atoms with Gasteiger partial charge in [0.2, 0.25) is 0 Å². The standard InChI is InChI=1S/C25H21F2N7O3/c1-25(2,37)23-31-12-10-16(32-23)13-6-8-15(26)21(19(13)27)34(24(29)36)18-9-7-14(22(28)35)20(33-18)17-5-3-4-11-30-17/h3-12,37H,1-2H3,(H2,28,35)(H2,29,36). The first-order valence-corrected chi connectivity index (χ1v) is 10.8. The van der Waals surface area contributed by atoms with Crippen LogP contribution in [-0.4, -0.2) is 37.0 Å². The van der Waals surface area contributed by atoms with Crippen molar-refractivity contribution in [1.82, 2.24) is 19.9 Å². The monoisotopic (exact) mass is 505 g/mol. The third-order valence-electron chi connectivity index (χ3n) is 5.27. The topological polar surface area (TPSA) is 161 Å². The molecule has 0 spiro atoms. The quantitative estimate of drug-likeness (QED) is 0.362. The maximum Gasteiger partial charge on any atom is 0.325 e. The first-order chi connectivity index (χ1) is 17.5. The van der Waals surface area contributed by atoms with Gasteiger partial charge in [-0.05, 0) is 56.3 Å². The number of anilines is 2. The van der Waals surface area contributed by atoms with Gasteiger partial charge in [-0.1, -0.05) is 6.07 Å². The third-order valence-corrected chi connectivity index (χ3v) is 5.27. The van der Waals surface area contributed by atoms with Crippen molar-refractivity contribution in [1.29, 1.82) is 0 Å². The van der Waals surface area contributed by atoms with Crippen molar-refractivity contribution in [2.24, 2.45) is 11.5 Å². The summed E-state index contributed by atoms with van der Waals surface area (Å²) in [6.07, 6.45) is 2.76. The van der Waals surface area contributed by atoms with E-state index in [4.69, 9.17) is 11.5 Å². The first-order valence-electron chi connectivity index (χ1n) is 10.8. The molecule has 0 aliphatic heterocycles. The minimum Gasteiger partial charge on any atom is -0.382 e. The summed E-state index contributed by atoms with van der Waals surface area (Å²) in [7, 11) is 0. The van der Waals surface area contributed by atoms with Crippen LogP contribution in [0, 0.1) is 11.6 Å². The van der Waals surface area contributed by atoms with E-state index >= 15 is 8.78 Å². The Morgan fingerprint density at radius 1 is 0.919 bits per heavy atom. The van der Waals surface area contributed by atoms with Crippen LogP contribution >= 0.6 is 0 Å². The van der Waals surface area contributed by atoms with Gasteiger partial charge in [-0.2, -0.15) is 0 Å². The molecule has 188 valence electrons. The molecule has 10 nitrogen and oxygen atoms in total. The second-order valence-corrected chi connectivity index (χ2v) is 8.40. The Kier molecular flexibility index (Phi) is 6.60. The van der Waals surface area contributed by atoms with Gasteiger partial charge in [0.25, 0.3) is 5.91 Å². The van der Waals surface area contributed by atoms with Gasteiger partial charge in [-0.3, -0.25) is 9.78 Å². The third kappa shape index (κ3) is 4.95. The maximum atomic E-state index is 15.8. The number of amides is 3. The molecule has 0 radical (unpaired) electrons. The average Bonchev–Trinajstić information content (AvgIpc) is 2.86. The van der Waals surface area contributed by atoms with Crippen LogP contribution in [0.5, 0.6) is 0 Å². The number of pyridine rings is 2. The lowest BCUT2D eigenvalue weighted by Crippen LogP contribution is -2.34. The second kappa shape index (κ2) is 9.66. The zero-order chi connectivity index (χ0) is 26.9. The van der Waals surface area contributed by atoms with Crippen molar-refractivity contribution < 1.29 is 23.5 Å². The summed E-state index contributed by atoms with van der Waals surface area (Å²) >= 11 is 0. The summed E-state index contributed by atoms with van der Waals surface area (Å²) < 4.78 is 30.9. The molecular formula is C25H21F2N7O3. The number of benzene rings is 1. The van der Waals surface area contributed by atoms with Gasteiger partial charge >= 0.3 is 6.03 Å². The highest BCUT2D eigenvalue weighted by Crippen LogP contribution is 2.36. The number of aliphatic hydroxyl groups is 1. The molecule has 5 N–H and O–H groups in total. The molecular weight excluding hydrogens is 484 g/mol. The minimum absolute atomic E-state index is 0.00532. The minimum atomic E-state index is -1.43. The normalized spacial score (nSPS) is 11.3. The fourth-order valence-electron chi connectivity index (χ4n) is 3.56. The zero-order valence-electron chi connectivity index (χ0n) is 19.7. The van der Waals surface area contributed by atoms with Crippen LogP contribution in [0.4, 0.5) is 25.1 Å². The van der Waals surface area contributed by atoms with Crippen molar-refractivity contribution in [3.63, 3.8) is 0 Å². The number of aromatic nitrogens is 4. The highest BCUT2D eigenvalue weighted by molar-refractivity contribution is 6.01.